The van der Waals surface area contributed by atoms with E-state index in [-0.39, 0.29) is 50.0 Å². The first-order valence-corrected chi connectivity index (χ1v) is 21.9. The van der Waals surface area contributed by atoms with Crippen LogP contribution in [0.2, 0.25) is 10.0 Å². The molecule has 20 heteroatoms. The molecule has 0 atom stereocenters. The van der Waals surface area contributed by atoms with Crippen LogP contribution in [0.1, 0.15) is 80.6 Å². The maximum absolute atomic E-state index is 13.0. The van der Waals surface area contributed by atoms with Gasteiger partial charge in [-0.05, 0) is 89.5 Å². The number of nitrogens with one attached hydrogen (secondary N) is 2. The van der Waals surface area contributed by atoms with E-state index in [1.807, 2.05) is 20.8 Å². The van der Waals surface area contributed by atoms with Gasteiger partial charge >= 0.3 is 5.97 Å². The van der Waals surface area contributed by atoms with Gasteiger partial charge in [-0.15, -0.1) is 10.2 Å². The van der Waals surface area contributed by atoms with Crippen molar-refractivity contribution in [3.05, 3.63) is 130 Å². The second-order valence-electron chi connectivity index (χ2n) is 15.3. The maximum atomic E-state index is 13.0. The molecule has 0 unspecified atom stereocenters. The maximum Gasteiger partial charge on any atom is 0.360 e. The molecule has 4 aromatic carbocycles. The number of ether oxygens (including phenoxy) is 1. The summed E-state index contributed by atoms with van der Waals surface area (Å²) in [6, 6.07) is 22.5. The fourth-order valence-corrected chi connectivity index (χ4v) is 7.89. The molecule has 4 N–H and O–H groups in total. The molecule has 0 aliphatic carbocycles. The number of nitrogens with zero attached hydrogens (tertiary/aromatic N) is 6. The molecule has 0 saturated heterocycles. The van der Waals surface area contributed by atoms with Gasteiger partial charge in [-0.3, -0.25) is 14.2 Å². The van der Waals surface area contributed by atoms with Crippen molar-refractivity contribution in [2.75, 3.05) is 16.1 Å². The van der Waals surface area contributed by atoms with Gasteiger partial charge in [-0.1, -0.05) is 99.4 Å². The topological polar surface area (TPSA) is 223 Å². The van der Waals surface area contributed by atoms with E-state index in [1.165, 1.54) is 52.1 Å². The number of benzene rings is 4. The first kappa shape index (κ1) is 45.3. The van der Waals surface area contributed by atoms with E-state index in [0.717, 1.165) is 11.1 Å². The monoisotopic (exact) mass is 895 g/mol. The number of aromatic nitrogens is 6. The van der Waals surface area contributed by atoms with Gasteiger partial charge in [0.15, 0.2) is 11.4 Å². The highest BCUT2D eigenvalue weighted by Crippen LogP contribution is 2.30. The summed E-state index contributed by atoms with van der Waals surface area (Å²) >= 11 is 12.2. The van der Waals surface area contributed by atoms with Crippen molar-refractivity contribution in [2.24, 2.45) is 5.73 Å². The molecule has 0 radical (unpaired) electrons. The molecule has 0 fully saturated rings. The first-order valence-electron chi connectivity index (χ1n) is 18.2. The van der Waals surface area contributed by atoms with Crippen molar-refractivity contribution in [2.45, 2.75) is 69.1 Å². The van der Waals surface area contributed by atoms with Crippen LogP contribution in [0, 0.1) is 0 Å². The summed E-state index contributed by atoms with van der Waals surface area (Å²) in [4.78, 5) is 23.4. The van der Waals surface area contributed by atoms with E-state index in [1.54, 1.807) is 61.5 Å². The second-order valence-corrected chi connectivity index (χ2v) is 19.5. The number of anilines is 2. The summed E-state index contributed by atoms with van der Waals surface area (Å²) in [7, 11) is -7.76. The number of rotatable bonds is 11. The first-order chi connectivity index (χ1) is 28.0. The summed E-state index contributed by atoms with van der Waals surface area (Å²) in [6.45, 7) is 14.2. The Morgan fingerprint density at radius 3 is 1.38 bits per heavy atom. The molecule has 316 valence electrons. The van der Waals surface area contributed by atoms with Gasteiger partial charge in [-0.25, -0.2) is 31.0 Å². The Morgan fingerprint density at radius 1 is 0.650 bits per heavy atom. The molecule has 1 amide bonds. The van der Waals surface area contributed by atoms with Crippen LogP contribution < -0.4 is 15.2 Å². The third-order valence-corrected chi connectivity index (χ3v) is 11.9. The third kappa shape index (κ3) is 11.1. The quantitative estimate of drug-likeness (QED) is 0.109. The third-order valence-electron chi connectivity index (χ3n) is 8.69. The Hall–Kier alpha value is -5.82. The normalized spacial score (nSPS) is 11.9. The van der Waals surface area contributed by atoms with Crippen molar-refractivity contribution in [3.8, 4) is 11.4 Å². The standard InChI is InChI=1S/C21H23ClN4O4S.C19H20ClN5O3S/c1-5-30-20(27)18-13-26(25-23-18)19-12-15(22)8-11-17(19)24-31(28,29)16-9-6-14(7-10-16)21(2,3)4;1-19(2,3)12-4-7-14(8-5-12)29(27,28)23-15-9-6-13(20)10-17(15)25-11-16(18(21)26)22-24-25/h6-13,24H,5H2,1-4H3;4-11,23H,1-3H3,(H2,21,26). The highest BCUT2D eigenvalue weighted by Gasteiger charge is 2.23. The van der Waals surface area contributed by atoms with Crippen LogP contribution in [-0.4, -0.2) is 65.3 Å². The van der Waals surface area contributed by atoms with Crippen LogP contribution in [0.4, 0.5) is 11.4 Å². The lowest BCUT2D eigenvalue weighted by molar-refractivity contribution is 0.0519. The number of carbonyl (C=O) groups excluding carboxylic acids is 2. The van der Waals surface area contributed by atoms with Crippen molar-refractivity contribution in [1.29, 1.82) is 0 Å². The number of halogens is 2. The number of esters is 1. The van der Waals surface area contributed by atoms with Crippen molar-refractivity contribution >= 4 is 66.5 Å². The van der Waals surface area contributed by atoms with Gasteiger partial charge in [-0.2, -0.15) is 0 Å². The number of nitrogens with two attached hydrogens (primary N) is 1. The molecule has 60 heavy (non-hydrogen) atoms. The zero-order chi connectivity index (χ0) is 44.2. The van der Waals surface area contributed by atoms with Gasteiger partial charge in [0.05, 0.1) is 51.5 Å². The highest BCUT2D eigenvalue weighted by atomic mass is 35.5. The lowest BCUT2D eigenvalue weighted by Crippen LogP contribution is -2.16. The lowest BCUT2D eigenvalue weighted by Gasteiger charge is -2.19. The fourth-order valence-electron chi connectivity index (χ4n) is 5.41. The molecular weight excluding hydrogens is 854 g/mol. The Balaban J connectivity index is 0.000000228. The number of carbonyl (C=O) groups is 2. The number of primary amides is 1. The summed E-state index contributed by atoms with van der Waals surface area (Å²) in [6.07, 6.45) is 2.64. The van der Waals surface area contributed by atoms with E-state index in [4.69, 9.17) is 33.7 Å². The van der Waals surface area contributed by atoms with Gasteiger partial charge in [0.2, 0.25) is 0 Å². The van der Waals surface area contributed by atoms with Crippen LogP contribution in [0.5, 0.6) is 0 Å². The molecule has 0 aliphatic rings. The molecule has 2 heterocycles. The predicted octanol–water partition coefficient (Wildman–Crippen LogP) is 7.31. The van der Waals surface area contributed by atoms with E-state index < -0.39 is 31.9 Å². The van der Waals surface area contributed by atoms with Crippen molar-refractivity contribution < 1.29 is 31.2 Å². The summed E-state index contributed by atoms with van der Waals surface area (Å²) < 4.78 is 64.2. The lowest BCUT2D eigenvalue weighted by atomic mass is 9.87. The summed E-state index contributed by atoms with van der Waals surface area (Å²) in [5.41, 5.74) is 8.04. The largest absolute Gasteiger partial charge is 0.461 e. The van der Waals surface area contributed by atoms with Gasteiger partial charge < -0.3 is 10.5 Å². The van der Waals surface area contributed by atoms with E-state index >= 15 is 0 Å². The van der Waals surface area contributed by atoms with Gasteiger partial charge in [0.1, 0.15) is 0 Å². The van der Waals surface area contributed by atoms with Crippen molar-refractivity contribution in [1.82, 2.24) is 30.0 Å². The SMILES string of the molecule is CC(C)(C)c1ccc(S(=O)(=O)Nc2ccc(Cl)cc2-n2cc(C(N)=O)nn2)cc1.CCOC(=O)c1cn(-c2cc(Cl)ccc2NS(=O)(=O)c2ccc(C(C)(C)C)cc2)nn1. The Morgan fingerprint density at radius 2 is 1.03 bits per heavy atom. The number of hydrogen-bond acceptors (Lipinski definition) is 11. The van der Waals surface area contributed by atoms with Crippen molar-refractivity contribution in [3.63, 3.8) is 0 Å². The zero-order valence-electron chi connectivity index (χ0n) is 33.6. The van der Waals surface area contributed by atoms with Crippen LogP contribution in [-0.2, 0) is 35.6 Å². The molecule has 2 aromatic heterocycles. The van der Waals surface area contributed by atoms with Gasteiger partial charge in [0, 0.05) is 10.0 Å². The fraction of sp³-hybridized carbons (Fsp3) is 0.250. The zero-order valence-corrected chi connectivity index (χ0v) is 36.8. The molecule has 0 aliphatic heterocycles. The molecule has 6 aromatic rings. The van der Waals surface area contributed by atoms with E-state index in [9.17, 15) is 26.4 Å². The molecule has 0 spiro atoms. The minimum atomic E-state index is -3.88. The number of hydrogen-bond donors (Lipinski definition) is 3. The Kier molecular flexibility index (Phi) is 13.4. The summed E-state index contributed by atoms with van der Waals surface area (Å²) in [5.74, 6) is -1.38. The predicted molar refractivity (Wildman–Crippen MR) is 229 cm³/mol. The number of sulfonamides is 2. The van der Waals surface area contributed by atoms with Gasteiger partial charge in [0.25, 0.3) is 26.0 Å². The van der Waals surface area contributed by atoms with E-state index in [0.29, 0.717) is 21.4 Å². The van der Waals surface area contributed by atoms with Crippen LogP contribution in [0.25, 0.3) is 11.4 Å². The second kappa shape index (κ2) is 17.8. The molecule has 0 saturated carbocycles. The molecule has 6 rings (SSSR count). The average molecular weight is 897 g/mol. The minimum Gasteiger partial charge on any atom is -0.461 e. The molecule has 0 bridgehead atoms. The Bertz CT molecular complexity index is 2740. The van der Waals surface area contributed by atoms with E-state index in [2.05, 4.69) is 50.8 Å². The number of amides is 1. The smallest absolute Gasteiger partial charge is 0.360 e. The van der Waals surface area contributed by atoms with Crippen LogP contribution in [0.15, 0.2) is 107 Å². The molecular formula is C40H43Cl2N9O7S2. The van der Waals surface area contributed by atoms with Crippen LogP contribution in [0.3, 0.4) is 0 Å². The average Bonchev–Trinajstić information content (AvgIpc) is 3.88. The van der Waals surface area contributed by atoms with Crippen LogP contribution >= 0.6 is 23.2 Å². The summed E-state index contributed by atoms with van der Waals surface area (Å²) in [5, 5.41) is 15.9. The Labute approximate surface area is 358 Å². The minimum absolute atomic E-state index is 0.00611. The molecule has 16 nitrogen and oxygen atoms in total. The highest BCUT2D eigenvalue weighted by molar-refractivity contribution is 7.93.